The molecule has 3 atom stereocenters. The van der Waals surface area contributed by atoms with Crippen molar-refractivity contribution in [2.24, 2.45) is 0 Å². The van der Waals surface area contributed by atoms with Crippen LogP contribution in [0.15, 0.2) is 0 Å². The van der Waals surface area contributed by atoms with Crippen LogP contribution in [0.5, 0.6) is 0 Å². The molecular weight excluding hydrogens is 268 g/mol. The van der Waals surface area contributed by atoms with E-state index in [0.717, 1.165) is 39.0 Å². The molecule has 0 aromatic heterocycles. The molecule has 0 amide bonds. The molecule has 5 nitrogen and oxygen atoms in total. The van der Waals surface area contributed by atoms with Crippen molar-refractivity contribution >= 4 is 5.97 Å². The van der Waals surface area contributed by atoms with Gasteiger partial charge in [0.1, 0.15) is 5.54 Å². The van der Waals surface area contributed by atoms with Crippen LogP contribution >= 0.6 is 0 Å². The Labute approximate surface area is 128 Å². The Kier molecular flexibility index (Phi) is 5.63. The summed E-state index contributed by atoms with van der Waals surface area (Å²) in [5.41, 5.74) is -0.504. The number of carbonyl (C=O) groups is 1. The highest BCUT2D eigenvalue weighted by Crippen LogP contribution is 2.35. The molecule has 2 aliphatic rings. The third kappa shape index (κ3) is 3.96. The van der Waals surface area contributed by atoms with Gasteiger partial charge in [-0.2, -0.15) is 0 Å². The highest BCUT2D eigenvalue weighted by atomic mass is 16.5. The first kappa shape index (κ1) is 16.7. The van der Waals surface area contributed by atoms with E-state index in [1.807, 2.05) is 6.92 Å². The van der Waals surface area contributed by atoms with Crippen LogP contribution < -0.4 is 5.32 Å². The monoisotopic (exact) mass is 298 g/mol. The van der Waals surface area contributed by atoms with E-state index in [1.165, 1.54) is 0 Å². The molecule has 2 rings (SSSR count). The molecule has 0 aromatic rings. The van der Waals surface area contributed by atoms with Gasteiger partial charge >= 0.3 is 5.97 Å². The maximum Gasteiger partial charge on any atom is 0.326 e. The largest absolute Gasteiger partial charge is 0.465 e. The molecular formula is C16H30N2O3. The molecule has 0 spiro atoms. The van der Waals surface area contributed by atoms with Crippen LogP contribution in [0.2, 0.25) is 0 Å². The standard InChI is InChI=1S/C16H30N2O3/c1-5-20-15(19)16(17-12(2)3)7-6-14(10-16)18-8-9-21-13(4)11-18/h12-14,17H,5-11H2,1-4H3. The van der Waals surface area contributed by atoms with Gasteiger partial charge in [-0.15, -0.1) is 0 Å². The highest BCUT2D eigenvalue weighted by Gasteiger charge is 2.48. The van der Waals surface area contributed by atoms with Gasteiger partial charge in [0.15, 0.2) is 0 Å². The Hall–Kier alpha value is -0.650. The number of ether oxygens (including phenoxy) is 2. The topological polar surface area (TPSA) is 50.8 Å². The van der Waals surface area contributed by atoms with E-state index in [9.17, 15) is 4.79 Å². The summed E-state index contributed by atoms with van der Waals surface area (Å²) in [6.07, 6.45) is 3.04. The summed E-state index contributed by atoms with van der Waals surface area (Å²) in [4.78, 5) is 15.0. The predicted octanol–water partition coefficient (Wildman–Crippen LogP) is 1.56. The van der Waals surface area contributed by atoms with E-state index >= 15 is 0 Å². The molecule has 0 radical (unpaired) electrons. The number of morpholine rings is 1. The molecule has 1 saturated heterocycles. The van der Waals surface area contributed by atoms with Crippen LogP contribution in [0.4, 0.5) is 0 Å². The fourth-order valence-electron chi connectivity index (χ4n) is 3.71. The minimum atomic E-state index is -0.504. The molecule has 2 fully saturated rings. The maximum atomic E-state index is 12.5. The molecule has 1 saturated carbocycles. The summed E-state index contributed by atoms with van der Waals surface area (Å²) in [6.45, 7) is 11.3. The average molecular weight is 298 g/mol. The lowest BCUT2D eigenvalue weighted by molar-refractivity contribution is -0.151. The summed E-state index contributed by atoms with van der Waals surface area (Å²) >= 11 is 0. The molecule has 1 N–H and O–H groups in total. The van der Waals surface area contributed by atoms with E-state index in [-0.39, 0.29) is 18.1 Å². The van der Waals surface area contributed by atoms with Crippen LogP contribution in [0.1, 0.15) is 47.0 Å². The number of carbonyl (C=O) groups excluding carboxylic acids is 1. The lowest BCUT2D eigenvalue weighted by Gasteiger charge is -2.37. The Balaban J connectivity index is 2.04. The number of hydrogen-bond acceptors (Lipinski definition) is 5. The fourth-order valence-corrected chi connectivity index (χ4v) is 3.71. The second kappa shape index (κ2) is 7.07. The van der Waals surface area contributed by atoms with E-state index in [4.69, 9.17) is 9.47 Å². The van der Waals surface area contributed by atoms with Crippen molar-refractivity contribution in [2.75, 3.05) is 26.3 Å². The Morgan fingerprint density at radius 2 is 2.29 bits per heavy atom. The van der Waals surface area contributed by atoms with Crippen LogP contribution in [-0.4, -0.2) is 60.9 Å². The summed E-state index contributed by atoms with van der Waals surface area (Å²) in [5.74, 6) is -0.0810. The van der Waals surface area contributed by atoms with Crippen molar-refractivity contribution in [3.8, 4) is 0 Å². The number of hydrogen-bond donors (Lipinski definition) is 1. The molecule has 1 heterocycles. The van der Waals surface area contributed by atoms with Gasteiger partial charge in [-0.25, -0.2) is 0 Å². The quantitative estimate of drug-likeness (QED) is 0.781. The molecule has 3 unspecified atom stereocenters. The van der Waals surface area contributed by atoms with Gasteiger partial charge in [0.05, 0.1) is 19.3 Å². The van der Waals surface area contributed by atoms with Crippen molar-refractivity contribution in [2.45, 2.75) is 70.7 Å². The predicted molar refractivity (Wildman–Crippen MR) is 82.3 cm³/mol. The molecule has 21 heavy (non-hydrogen) atoms. The van der Waals surface area contributed by atoms with Crippen molar-refractivity contribution in [3.05, 3.63) is 0 Å². The SMILES string of the molecule is CCOC(=O)C1(NC(C)C)CCC(N2CCOC(C)C2)C1. The number of esters is 1. The van der Waals surface area contributed by atoms with Crippen LogP contribution in [0, 0.1) is 0 Å². The zero-order chi connectivity index (χ0) is 15.5. The Bertz CT molecular complexity index is 361. The summed E-state index contributed by atoms with van der Waals surface area (Å²) < 4.78 is 11.0. The van der Waals surface area contributed by atoms with Gasteiger partial charge in [-0.3, -0.25) is 15.0 Å². The molecule has 0 aromatic carbocycles. The first-order valence-corrected chi connectivity index (χ1v) is 8.27. The van der Waals surface area contributed by atoms with Crippen molar-refractivity contribution in [1.82, 2.24) is 10.2 Å². The summed E-state index contributed by atoms with van der Waals surface area (Å²) in [6, 6.07) is 0.726. The van der Waals surface area contributed by atoms with E-state index in [1.54, 1.807) is 0 Å². The lowest BCUT2D eigenvalue weighted by atomic mass is 9.95. The van der Waals surface area contributed by atoms with Gasteiger partial charge < -0.3 is 9.47 Å². The van der Waals surface area contributed by atoms with Crippen molar-refractivity contribution in [3.63, 3.8) is 0 Å². The van der Waals surface area contributed by atoms with Crippen molar-refractivity contribution in [1.29, 1.82) is 0 Å². The summed E-state index contributed by atoms with van der Waals surface area (Å²) in [5, 5.41) is 3.49. The van der Waals surface area contributed by atoms with Crippen LogP contribution in [0.25, 0.3) is 0 Å². The van der Waals surface area contributed by atoms with Gasteiger partial charge in [0.25, 0.3) is 0 Å². The molecule has 5 heteroatoms. The van der Waals surface area contributed by atoms with Gasteiger partial charge in [-0.1, -0.05) is 0 Å². The third-order valence-corrected chi connectivity index (χ3v) is 4.51. The normalized spacial score (nSPS) is 34.3. The Morgan fingerprint density at radius 3 is 2.90 bits per heavy atom. The second-order valence-corrected chi connectivity index (χ2v) is 6.67. The third-order valence-electron chi connectivity index (χ3n) is 4.51. The van der Waals surface area contributed by atoms with Gasteiger partial charge in [0.2, 0.25) is 0 Å². The van der Waals surface area contributed by atoms with E-state index in [0.29, 0.717) is 12.6 Å². The fraction of sp³-hybridized carbons (Fsp3) is 0.938. The number of nitrogens with zero attached hydrogens (tertiary/aromatic N) is 1. The molecule has 1 aliphatic heterocycles. The zero-order valence-corrected chi connectivity index (χ0v) is 13.9. The van der Waals surface area contributed by atoms with Crippen LogP contribution in [-0.2, 0) is 14.3 Å². The van der Waals surface area contributed by atoms with Crippen LogP contribution in [0.3, 0.4) is 0 Å². The molecule has 1 aliphatic carbocycles. The van der Waals surface area contributed by atoms with Gasteiger partial charge in [0, 0.05) is 25.2 Å². The zero-order valence-electron chi connectivity index (χ0n) is 13.9. The number of nitrogens with one attached hydrogen (secondary N) is 1. The smallest absolute Gasteiger partial charge is 0.326 e. The minimum Gasteiger partial charge on any atom is -0.465 e. The summed E-state index contributed by atoms with van der Waals surface area (Å²) in [7, 11) is 0. The van der Waals surface area contributed by atoms with E-state index < -0.39 is 5.54 Å². The number of rotatable bonds is 5. The molecule has 122 valence electrons. The van der Waals surface area contributed by atoms with E-state index in [2.05, 4.69) is 31.0 Å². The average Bonchev–Trinajstić information content (AvgIpc) is 2.84. The second-order valence-electron chi connectivity index (χ2n) is 6.67. The van der Waals surface area contributed by atoms with Gasteiger partial charge in [-0.05, 0) is 47.0 Å². The maximum absolute atomic E-state index is 12.5. The Morgan fingerprint density at radius 1 is 1.52 bits per heavy atom. The first-order chi connectivity index (χ1) is 9.97. The minimum absolute atomic E-state index is 0.0810. The molecule has 0 bridgehead atoms. The van der Waals surface area contributed by atoms with Crippen molar-refractivity contribution < 1.29 is 14.3 Å². The first-order valence-electron chi connectivity index (χ1n) is 8.27. The highest BCUT2D eigenvalue weighted by molar-refractivity contribution is 5.81. The lowest BCUT2D eigenvalue weighted by Crippen LogP contribution is -2.55.